The smallest absolute Gasteiger partial charge is 0.270 e. The van der Waals surface area contributed by atoms with Crippen LogP contribution >= 0.6 is 0 Å². The minimum atomic E-state index is -0.326. The predicted octanol–water partition coefficient (Wildman–Crippen LogP) is 0.965. The zero-order valence-corrected chi connectivity index (χ0v) is 10.0. The zero-order valence-electron chi connectivity index (χ0n) is 10.0. The van der Waals surface area contributed by atoms with E-state index in [1.807, 2.05) is 24.3 Å². The van der Waals surface area contributed by atoms with E-state index in [9.17, 15) is 4.79 Å². The van der Waals surface area contributed by atoms with Gasteiger partial charge in [-0.05, 0) is 17.5 Å². The predicted molar refractivity (Wildman–Crippen MR) is 67.7 cm³/mol. The molecule has 0 saturated heterocycles. The molecule has 0 spiro atoms. The Balaban J connectivity index is 2.43. The first-order valence-electron chi connectivity index (χ1n) is 5.59. The van der Waals surface area contributed by atoms with Gasteiger partial charge in [0.1, 0.15) is 5.69 Å². The number of nitrogens with zero attached hydrogens (tertiary/aromatic N) is 1. The van der Waals surface area contributed by atoms with Crippen molar-refractivity contribution < 1.29 is 14.6 Å². The largest absolute Gasteiger partial charge is 0.481 e. The van der Waals surface area contributed by atoms with Gasteiger partial charge < -0.3 is 15.2 Å². The van der Waals surface area contributed by atoms with Crippen molar-refractivity contribution in [2.75, 3.05) is 20.3 Å². The van der Waals surface area contributed by atoms with Crippen molar-refractivity contribution in [3.05, 3.63) is 36.0 Å². The molecule has 1 aromatic heterocycles. The normalized spacial score (nSPS) is 10.3. The van der Waals surface area contributed by atoms with Gasteiger partial charge in [0.05, 0.1) is 13.7 Å². The molecule has 2 rings (SSSR count). The molecule has 5 nitrogen and oxygen atoms in total. The Hall–Kier alpha value is -2.14. The van der Waals surface area contributed by atoms with Gasteiger partial charge in [-0.2, -0.15) is 0 Å². The number of pyridine rings is 1. The van der Waals surface area contributed by atoms with Gasteiger partial charge in [-0.3, -0.25) is 4.79 Å². The summed E-state index contributed by atoms with van der Waals surface area (Å²) in [5.74, 6) is 0.0929. The van der Waals surface area contributed by atoms with Gasteiger partial charge in [-0.15, -0.1) is 0 Å². The highest BCUT2D eigenvalue weighted by Crippen LogP contribution is 2.23. The summed E-state index contributed by atoms with van der Waals surface area (Å²) in [6, 6.07) is 9.25. The molecule has 0 saturated carbocycles. The van der Waals surface area contributed by atoms with Crippen LogP contribution in [0.25, 0.3) is 10.8 Å². The summed E-state index contributed by atoms with van der Waals surface area (Å²) >= 11 is 0. The molecule has 0 fully saturated rings. The van der Waals surface area contributed by atoms with Gasteiger partial charge in [0.2, 0.25) is 5.88 Å². The molecule has 5 heteroatoms. The monoisotopic (exact) mass is 246 g/mol. The number of aromatic nitrogens is 1. The molecule has 0 aliphatic carbocycles. The van der Waals surface area contributed by atoms with Crippen molar-refractivity contribution in [3.63, 3.8) is 0 Å². The van der Waals surface area contributed by atoms with Crippen LogP contribution in [0.4, 0.5) is 0 Å². The number of carbonyl (C=O) groups is 1. The molecule has 94 valence electrons. The van der Waals surface area contributed by atoms with Crippen LogP contribution in [0, 0.1) is 0 Å². The van der Waals surface area contributed by atoms with Crippen LogP contribution in [0.2, 0.25) is 0 Å². The van der Waals surface area contributed by atoms with Gasteiger partial charge in [0.15, 0.2) is 0 Å². The quantitative estimate of drug-likeness (QED) is 0.843. The Kier molecular flexibility index (Phi) is 3.74. The number of aliphatic hydroxyl groups is 1. The van der Waals surface area contributed by atoms with Crippen LogP contribution in [0.3, 0.4) is 0 Å². The first kappa shape index (κ1) is 12.3. The topological polar surface area (TPSA) is 71.5 Å². The SMILES string of the molecule is COc1nc(C(=O)NCCO)cc2ccccc12. The third-order valence-electron chi connectivity index (χ3n) is 2.53. The lowest BCUT2D eigenvalue weighted by atomic mass is 10.1. The summed E-state index contributed by atoms with van der Waals surface area (Å²) < 4.78 is 5.18. The van der Waals surface area contributed by atoms with E-state index in [2.05, 4.69) is 10.3 Å². The number of benzene rings is 1. The second-order valence-electron chi connectivity index (χ2n) is 3.72. The second-order valence-corrected chi connectivity index (χ2v) is 3.72. The van der Waals surface area contributed by atoms with E-state index in [1.54, 1.807) is 6.07 Å². The highest BCUT2D eigenvalue weighted by molar-refractivity contribution is 5.98. The summed E-state index contributed by atoms with van der Waals surface area (Å²) in [5.41, 5.74) is 0.277. The maximum atomic E-state index is 11.8. The lowest BCUT2D eigenvalue weighted by molar-refractivity contribution is 0.0939. The summed E-state index contributed by atoms with van der Waals surface area (Å²) in [6.07, 6.45) is 0. The first-order chi connectivity index (χ1) is 8.76. The Morgan fingerprint density at radius 1 is 1.44 bits per heavy atom. The van der Waals surface area contributed by atoms with E-state index >= 15 is 0 Å². The molecule has 0 unspecified atom stereocenters. The van der Waals surface area contributed by atoms with Gasteiger partial charge in [0, 0.05) is 11.9 Å². The number of methoxy groups -OCH3 is 1. The van der Waals surface area contributed by atoms with Crippen molar-refractivity contribution >= 4 is 16.7 Å². The summed E-state index contributed by atoms with van der Waals surface area (Å²) in [6.45, 7) is 0.103. The van der Waals surface area contributed by atoms with Gasteiger partial charge >= 0.3 is 0 Å². The molecule has 2 aromatic rings. The van der Waals surface area contributed by atoms with E-state index in [-0.39, 0.29) is 24.8 Å². The minimum Gasteiger partial charge on any atom is -0.481 e. The first-order valence-corrected chi connectivity index (χ1v) is 5.59. The highest BCUT2D eigenvalue weighted by atomic mass is 16.5. The Morgan fingerprint density at radius 3 is 2.94 bits per heavy atom. The van der Waals surface area contributed by atoms with Crippen LogP contribution in [-0.2, 0) is 0 Å². The van der Waals surface area contributed by atoms with Crippen LogP contribution in [-0.4, -0.2) is 36.3 Å². The average molecular weight is 246 g/mol. The number of fused-ring (bicyclic) bond motifs is 1. The molecule has 18 heavy (non-hydrogen) atoms. The van der Waals surface area contributed by atoms with Crippen LogP contribution in [0.15, 0.2) is 30.3 Å². The molecule has 1 amide bonds. The van der Waals surface area contributed by atoms with Crippen LogP contribution < -0.4 is 10.1 Å². The van der Waals surface area contributed by atoms with Gasteiger partial charge in [0.25, 0.3) is 5.91 Å². The van der Waals surface area contributed by atoms with Crippen molar-refractivity contribution in [2.45, 2.75) is 0 Å². The molecular formula is C13H14N2O3. The average Bonchev–Trinajstić information content (AvgIpc) is 2.43. The number of aliphatic hydroxyl groups excluding tert-OH is 1. The summed E-state index contributed by atoms with van der Waals surface area (Å²) in [7, 11) is 1.52. The highest BCUT2D eigenvalue weighted by Gasteiger charge is 2.11. The number of hydrogen-bond donors (Lipinski definition) is 2. The molecule has 0 radical (unpaired) electrons. The number of rotatable bonds is 4. The maximum absolute atomic E-state index is 11.8. The fraction of sp³-hybridized carbons (Fsp3) is 0.231. The van der Waals surface area contributed by atoms with Gasteiger partial charge in [-0.1, -0.05) is 18.2 Å². The molecular weight excluding hydrogens is 232 g/mol. The lowest BCUT2D eigenvalue weighted by Crippen LogP contribution is -2.27. The third-order valence-corrected chi connectivity index (χ3v) is 2.53. The zero-order chi connectivity index (χ0) is 13.0. The van der Waals surface area contributed by atoms with Crippen molar-refractivity contribution in [2.24, 2.45) is 0 Å². The minimum absolute atomic E-state index is 0.101. The summed E-state index contributed by atoms with van der Waals surface area (Å²) in [5, 5.41) is 13.0. The Morgan fingerprint density at radius 2 is 2.22 bits per heavy atom. The lowest BCUT2D eigenvalue weighted by Gasteiger charge is -2.08. The molecule has 1 aromatic carbocycles. The standard InChI is InChI=1S/C13H14N2O3/c1-18-13-10-5-3-2-4-9(10)8-11(15-13)12(17)14-6-7-16/h2-5,8,16H,6-7H2,1H3,(H,14,17). The van der Waals surface area contributed by atoms with Crippen molar-refractivity contribution in [3.8, 4) is 5.88 Å². The van der Waals surface area contributed by atoms with Gasteiger partial charge in [-0.25, -0.2) is 4.98 Å². The van der Waals surface area contributed by atoms with Crippen LogP contribution in [0.5, 0.6) is 5.88 Å². The number of hydrogen-bond acceptors (Lipinski definition) is 4. The Labute approximate surface area is 104 Å². The summed E-state index contributed by atoms with van der Waals surface area (Å²) in [4.78, 5) is 15.9. The van der Waals surface area contributed by atoms with E-state index in [1.165, 1.54) is 7.11 Å². The molecule has 0 atom stereocenters. The third kappa shape index (κ3) is 2.41. The van der Waals surface area contributed by atoms with Crippen molar-refractivity contribution in [1.29, 1.82) is 0 Å². The molecule has 1 heterocycles. The van der Waals surface area contributed by atoms with E-state index in [0.29, 0.717) is 5.88 Å². The van der Waals surface area contributed by atoms with E-state index < -0.39 is 0 Å². The molecule has 0 aliphatic rings. The van der Waals surface area contributed by atoms with E-state index in [4.69, 9.17) is 9.84 Å². The number of carbonyl (C=O) groups excluding carboxylic acids is 1. The fourth-order valence-corrected chi connectivity index (χ4v) is 1.70. The molecule has 0 bridgehead atoms. The molecule has 2 N–H and O–H groups in total. The van der Waals surface area contributed by atoms with Crippen LogP contribution in [0.1, 0.15) is 10.5 Å². The van der Waals surface area contributed by atoms with E-state index in [0.717, 1.165) is 10.8 Å². The fourth-order valence-electron chi connectivity index (χ4n) is 1.70. The second kappa shape index (κ2) is 5.46. The number of nitrogens with one attached hydrogen (secondary N) is 1. The van der Waals surface area contributed by atoms with Crippen molar-refractivity contribution in [1.82, 2.24) is 10.3 Å². The number of amides is 1. The number of ether oxygens (including phenoxy) is 1. The maximum Gasteiger partial charge on any atom is 0.270 e. The molecule has 0 aliphatic heterocycles. The Bertz CT molecular complexity index is 569.